The van der Waals surface area contributed by atoms with Gasteiger partial charge >= 0.3 is 0 Å². The number of sulfonamides is 1. The van der Waals surface area contributed by atoms with Crippen LogP contribution in [0.5, 0.6) is 0 Å². The first kappa shape index (κ1) is 18.3. The van der Waals surface area contributed by atoms with Crippen LogP contribution in [-0.2, 0) is 14.8 Å². The van der Waals surface area contributed by atoms with E-state index in [1.54, 1.807) is 0 Å². The minimum absolute atomic E-state index is 0.110. The van der Waals surface area contributed by atoms with Gasteiger partial charge in [-0.05, 0) is 30.7 Å². The number of morpholine rings is 1. The predicted molar refractivity (Wildman–Crippen MR) is 95.2 cm³/mol. The van der Waals surface area contributed by atoms with Crippen LogP contribution in [0.4, 0.5) is 5.69 Å². The van der Waals surface area contributed by atoms with E-state index < -0.39 is 14.9 Å². The number of hydrogen-bond acceptors (Lipinski definition) is 8. The van der Waals surface area contributed by atoms with Crippen LogP contribution in [0.1, 0.15) is 24.6 Å². The second-order valence-electron chi connectivity index (χ2n) is 6.28. The van der Waals surface area contributed by atoms with Gasteiger partial charge in [-0.25, -0.2) is 13.4 Å². The average molecular weight is 411 g/mol. The molecule has 0 radical (unpaired) electrons. The number of non-ortho nitro benzene ring substituents is 1. The van der Waals surface area contributed by atoms with E-state index in [1.165, 1.54) is 16.4 Å². The number of nitrogens with zero attached hydrogens (tertiary/aromatic N) is 4. The van der Waals surface area contributed by atoms with Crippen molar-refractivity contribution in [3.8, 4) is 0 Å². The molecule has 144 valence electrons. The summed E-state index contributed by atoms with van der Waals surface area (Å²) in [6.07, 6.45) is 2.13. The van der Waals surface area contributed by atoms with Crippen LogP contribution in [0.25, 0.3) is 0 Å². The second kappa shape index (κ2) is 7.19. The zero-order valence-corrected chi connectivity index (χ0v) is 15.8. The fourth-order valence-corrected chi connectivity index (χ4v) is 5.43. The number of nitro benzene ring substituents is 1. The molecule has 0 unspecified atom stereocenters. The first-order valence-corrected chi connectivity index (χ1v) is 10.7. The maximum Gasteiger partial charge on any atom is 0.270 e. The number of nitrogens with one attached hydrogen (secondary N) is 1. The van der Waals surface area contributed by atoms with Crippen molar-refractivity contribution in [2.75, 3.05) is 26.3 Å². The van der Waals surface area contributed by atoms with Crippen molar-refractivity contribution in [1.82, 2.24) is 19.5 Å². The summed E-state index contributed by atoms with van der Waals surface area (Å²) in [6, 6.07) is 3.82. The summed E-state index contributed by atoms with van der Waals surface area (Å²) >= 11 is 1.08. The van der Waals surface area contributed by atoms with Gasteiger partial charge in [0.2, 0.25) is 15.2 Å². The van der Waals surface area contributed by atoms with Crippen molar-refractivity contribution in [2.24, 2.45) is 0 Å². The number of rotatable bonds is 6. The Labute approximate surface area is 159 Å². The molecule has 1 aliphatic carbocycles. The second-order valence-corrected chi connectivity index (χ2v) is 9.20. The molecule has 1 saturated heterocycles. The van der Waals surface area contributed by atoms with Crippen molar-refractivity contribution in [3.05, 3.63) is 34.1 Å². The topological polar surface area (TPSA) is 131 Å². The number of aromatic nitrogens is 3. The number of ether oxygens (including phenoxy) is 1. The number of benzene rings is 1. The summed E-state index contributed by atoms with van der Waals surface area (Å²) in [5, 5.41) is 18.5. The standard InChI is InChI=1S/C15H17N5O5S2/c21-20(22)11-3-4-12(26-15-16-14(17-18-15)10-1-2-10)13(9-11)27(23,24)19-5-7-25-8-6-19/h3-4,9-10H,1-2,5-8H2,(H,16,17,18). The normalized spacial score (nSPS) is 18.5. The highest BCUT2D eigenvalue weighted by molar-refractivity contribution is 8.00. The third kappa shape index (κ3) is 3.83. The van der Waals surface area contributed by atoms with Crippen LogP contribution in [0.15, 0.2) is 33.1 Å². The Balaban J connectivity index is 1.70. The fourth-order valence-electron chi connectivity index (χ4n) is 2.76. The number of nitro groups is 1. The molecule has 2 aromatic rings. The molecule has 0 spiro atoms. The van der Waals surface area contributed by atoms with Gasteiger partial charge in [0.05, 0.1) is 18.1 Å². The molecule has 27 heavy (non-hydrogen) atoms. The molecule has 2 fully saturated rings. The average Bonchev–Trinajstić information content (AvgIpc) is 3.42. The molecule has 2 heterocycles. The lowest BCUT2D eigenvalue weighted by atomic mass is 10.3. The summed E-state index contributed by atoms with van der Waals surface area (Å²) in [7, 11) is -3.90. The van der Waals surface area contributed by atoms with E-state index in [9.17, 15) is 18.5 Å². The van der Waals surface area contributed by atoms with Crippen LogP contribution < -0.4 is 0 Å². The van der Waals surface area contributed by atoms with Crippen molar-refractivity contribution in [1.29, 1.82) is 0 Å². The lowest BCUT2D eigenvalue weighted by Gasteiger charge is -2.26. The molecule has 1 N–H and O–H groups in total. The molecule has 1 aliphatic heterocycles. The Morgan fingerprint density at radius 1 is 1.30 bits per heavy atom. The molecule has 1 aromatic carbocycles. The lowest BCUT2D eigenvalue weighted by molar-refractivity contribution is -0.385. The van der Waals surface area contributed by atoms with Gasteiger partial charge in [-0.1, -0.05) is 0 Å². The first-order chi connectivity index (χ1) is 12.9. The summed E-state index contributed by atoms with van der Waals surface area (Å²) in [4.78, 5) is 15.2. The Morgan fingerprint density at radius 2 is 2.04 bits per heavy atom. The van der Waals surface area contributed by atoms with Crippen molar-refractivity contribution in [3.63, 3.8) is 0 Å². The monoisotopic (exact) mass is 411 g/mol. The highest BCUT2D eigenvalue weighted by atomic mass is 32.2. The highest BCUT2D eigenvalue weighted by Crippen LogP contribution is 2.40. The van der Waals surface area contributed by atoms with Crippen molar-refractivity contribution >= 4 is 27.5 Å². The first-order valence-electron chi connectivity index (χ1n) is 8.41. The molecule has 1 aromatic heterocycles. The number of H-pyrrole nitrogens is 1. The highest BCUT2D eigenvalue weighted by Gasteiger charge is 2.31. The summed E-state index contributed by atoms with van der Waals surface area (Å²) < 4.78 is 32.7. The van der Waals surface area contributed by atoms with Gasteiger partial charge in [0.25, 0.3) is 5.69 Å². The van der Waals surface area contributed by atoms with Crippen LogP contribution in [0.2, 0.25) is 0 Å². The fraction of sp³-hybridized carbons (Fsp3) is 0.467. The van der Waals surface area contributed by atoms with Crippen molar-refractivity contribution in [2.45, 2.75) is 33.7 Å². The van der Waals surface area contributed by atoms with Gasteiger partial charge < -0.3 is 4.74 Å². The zero-order valence-electron chi connectivity index (χ0n) is 14.2. The minimum Gasteiger partial charge on any atom is -0.379 e. The van der Waals surface area contributed by atoms with Crippen LogP contribution in [0.3, 0.4) is 0 Å². The zero-order chi connectivity index (χ0) is 19.0. The maximum atomic E-state index is 13.1. The quantitative estimate of drug-likeness (QED) is 0.562. The molecule has 1 saturated carbocycles. The molecular weight excluding hydrogens is 394 g/mol. The molecule has 12 heteroatoms. The van der Waals surface area contributed by atoms with Gasteiger partial charge in [0.15, 0.2) is 0 Å². The van der Waals surface area contributed by atoms with E-state index in [2.05, 4.69) is 15.2 Å². The Kier molecular flexibility index (Phi) is 4.88. The molecule has 0 bridgehead atoms. The predicted octanol–water partition coefficient (Wildman–Crippen LogP) is 1.76. The van der Waals surface area contributed by atoms with E-state index in [4.69, 9.17) is 4.74 Å². The molecule has 2 aliphatic rings. The molecule has 0 atom stereocenters. The van der Waals surface area contributed by atoms with Gasteiger partial charge in [0.1, 0.15) is 10.7 Å². The van der Waals surface area contributed by atoms with E-state index in [0.717, 1.165) is 36.5 Å². The molecule has 4 rings (SSSR count). The Morgan fingerprint density at radius 3 is 2.70 bits per heavy atom. The summed E-state index contributed by atoms with van der Waals surface area (Å²) in [5.41, 5.74) is -0.278. The minimum atomic E-state index is -3.90. The number of aromatic amines is 1. The van der Waals surface area contributed by atoms with Crippen LogP contribution in [0, 0.1) is 10.1 Å². The van der Waals surface area contributed by atoms with E-state index in [1.807, 2.05) is 0 Å². The Hall–Kier alpha value is -2.02. The molecule has 10 nitrogen and oxygen atoms in total. The molecular formula is C15H17N5O5S2. The van der Waals surface area contributed by atoms with E-state index >= 15 is 0 Å². The third-order valence-electron chi connectivity index (χ3n) is 4.37. The summed E-state index contributed by atoms with van der Waals surface area (Å²) in [5.74, 6) is 1.18. The largest absolute Gasteiger partial charge is 0.379 e. The summed E-state index contributed by atoms with van der Waals surface area (Å²) in [6.45, 7) is 1.01. The maximum absolute atomic E-state index is 13.1. The number of hydrogen-bond donors (Lipinski definition) is 1. The molecule has 0 amide bonds. The SMILES string of the molecule is O=[N+]([O-])c1ccc(Sc2n[nH]c(C3CC3)n2)c(S(=O)(=O)N2CCOCC2)c1. The van der Waals surface area contributed by atoms with E-state index in [-0.39, 0.29) is 23.7 Å². The van der Waals surface area contributed by atoms with Gasteiger partial charge in [-0.2, -0.15) is 4.31 Å². The van der Waals surface area contributed by atoms with Crippen LogP contribution >= 0.6 is 11.8 Å². The Bertz CT molecular complexity index is 967. The lowest BCUT2D eigenvalue weighted by Crippen LogP contribution is -2.40. The van der Waals surface area contributed by atoms with E-state index in [0.29, 0.717) is 29.2 Å². The van der Waals surface area contributed by atoms with Crippen LogP contribution in [-0.4, -0.2) is 59.1 Å². The van der Waals surface area contributed by atoms with Gasteiger partial charge in [-0.15, -0.1) is 5.10 Å². The third-order valence-corrected chi connectivity index (χ3v) is 7.38. The smallest absolute Gasteiger partial charge is 0.270 e. The van der Waals surface area contributed by atoms with Crippen molar-refractivity contribution < 1.29 is 18.1 Å². The van der Waals surface area contributed by atoms with Gasteiger partial charge in [0, 0.05) is 36.0 Å². The van der Waals surface area contributed by atoms with Gasteiger partial charge in [-0.3, -0.25) is 15.2 Å².